The highest BCUT2D eigenvalue weighted by Gasteiger charge is 2.21. The molecule has 0 aliphatic carbocycles. The number of carbonyl (C=O) groups excluding carboxylic acids is 1. The zero-order chi connectivity index (χ0) is 11.5. The Labute approximate surface area is 107 Å². The van der Waals surface area contributed by atoms with Crippen LogP contribution in [0.3, 0.4) is 0 Å². The van der Waals surface area contributed by atoms with Crippen LogP contribution in [0.2, 0.25) is 0 Å². The molecule has 1 aliphatic heterocycles. The van der Waals surface area contributed by atoms with Gasteiger partial charge in [-0.15, -0.1) is 12.4 Å². The number of piperidine rings is 1. The topological polar surface area (TPSA) is 72.4 Å². The SMILES string of the molecule is Cc1cc(CC(=O)N2CCCC(N)C2)no1.Cl. The lowest BCUT2D eigenvalue weighted by atomic mass is 10.1. The van der Waals surface area contributed by atoms with Crippen LogP contribution in [0.15, 0.2) is 10.6 Å². The normalized spacial score (nSPS) is 19.9. The van der Waals surface area contributed by atoms with Crippen molar-refractivity contribution in [3.63, 3.8) is 0 Å². The third-order valence-electron chi connectivity index (χ3n) is 2.82. The molecule has 1 fully saturated rings. The maximum Gasteiger partial charge on any atom is 0.228 e. The molecule has 96 valence electrons. The van der Waals surface area contributed by atoms with Gasteiger partial charge in [-0.25, -0.2) is 0 Å². The van der Waals surface area contributed by atoms with E-state index >= 15 is 0 Å². The number of amides is 1. The molecule has 0 radical (unpaired) electrons. The van der Waals surface area contributed by atoms with E-state index in [-0.39, 0.29) is 24.4 Å². The first-order valence-corrected chi connectivity index (χ1v) is 5.60. The first-order valence-electron chi connectivity index (χ1n) is 5.60. The van der Waals surface area contributed by atoms with Crippen LogP contribution in [0.4, 0.5) is 0 Å². The van der Waals surface area contributed by atoms with E-state index in [1.54, 1.807) is 6.07 Å². The molecule has 5 nitrogen and oxygen atoms in total. The highest BCUT2D eigenvalue weighted by molar-refractivity contribution is 5.85. The average molecular weight is 260 g/mol. The van der Waals surface area contributed by atoms with Gasteiger partial charge in [-0.1, -0.05) is 5.16 Å². The largest absolute Gasteiger partial charge is 0.361 e. The van der Waals surface area contributed by atoms with Crippen molar-refractivity contribution < 1.29 is 9.32 Å². The summed E-state index contributed by atoms with van der Waals surface area (Å²) in [7, 11) is 0. The first kappa shape index (κ1) is 14.0. The van der Waals surface area contributed by atoms with Gasteiger partial charge < -0.3 is 15.2 Å². The third kappa shape index (κ3) is 3.71. The minimum Gasteiger partial charge on any atom is -0.361 e. The van der Waals surface area contributed by atoms with Crippen LogP contribution < -0.4 is 5.73 Å². The van der Waals surface area contributed by atoms with Crippen LogP contribution >= 0.6 is 12.4 Å². The third-order valence-corrected chi connectivity index (χ3v) is 2.82. The molecule has 1 amide bonds. The summed E-state index contributed by atoms with van der Waals surface area (Å²) in [5.74, 6) is 0.821. The smallest absolute Gasteiger partial charge is 0.228 e. The average Bonchev–Trinajstić information content (AvgIpc) is 2.64. The van der Waals surface area contributed by atoms with Gasteiger partial charge in [0.05, 0.1) is 12.1 Å². The minimum absolute atomic E-state index is 0. The van der Waals surface area contributed by atoms with Gasteiger partial charge in [-0.3, -0.25) is 4.79 Å². The van der Waals surface area contributed by atoms with Gasteiger partial charge >= 0.3 is 0 Å². The standard InChI is InChI=1S/C11H17N3O2.ClH/c1-8-5-10(13-16-8)6-11(15)14-4-2-3-9(12)7-14;/h5,9H,2-4,6-7,12H2,1H3;1H. The number of carbonyl (C=O) groups is 1. The van der Waals surface area contributed by atoms with Gasteiger partial charge in [0.2, 0.25) is 5.91 Å². The zero-order valence-electron chi connectivity index (χ0n) is 9.89. The van der Waals surface area contributed by atoms with E-state index in [2.05, 4.69) is 5.16 Å². The second-order valence-corrected chi connectivity index (χ2v) is 4.35. The number of hydrogen-bond acceptors (Lipinski definition) is 4. The van der Waals surface area contributed by atoms with Crippen molar-refractivity contribution in [3.8, 4) is 0 Å². The van der Waals surface area contributed by atoms with Crippen LogP contribution in [0, 0.1) is 6.92 Å². The molecule has 1 aromatic rings. The highest BCUT2D eigenvalue weighted by atomic mass is 35.5. The Bertz CT molecular complexity index is 381. The molecule has 2 rings (SSSR count). The molecule has 17 heavy (non-hydrogen) atoms. The molecule has 1 unspecified atom stereocenters. The van der Waals surface area contributed by atoms with E-state index in [0.717, 1.165) is 25.1 Å². The Morgan fingerprint density at radius 1 is 1.71 bits per heavy atom. The second kappa shape index (κ2) is 6.02. The van der Waals surface area contributed by atoms with Crippen LogP contribution in [0.1, 0.15) is 24.3 Å². The Morgan fingerprint density at radius 3 is 3.06 bits per heavy atom. The molecule has 2 heterocycles. The summed E-state index contributed by atoms with van der Waals surface area (Å²) in [5, 5.41) is 3.82. The van der Waals surface area contributed by atoms with E-state index in [9.17, 15) is 4.79 Å². The molecule has 1 saturated heterocycles. The van der Waals surface area contributed by atoms with E-state index in [4.69, 9.17) is 10.3 Å². The van der Waals surface area contributed by atoms with Crippen molar-refractivity contribution in [2.75, 3.05) is 13.1 Å². The summed E-state index contributed by atoms with van der Waals surface area (Å²) in [6.45, 7) is 3.29. The fourth-order valence-corrected chi connectivity index (χ4v) is 2.00. The van der Waals surface area contributed by atoms with Gasteiger partial charge in [-0.2, -0.15) is 0 Å². The van der Waals surface area contributed by atoms with Crippen molar-refractivity contribution >= 4 is 18.3 Å². The lowest BCUT2D eigenvalue weighted by molar-refractivity contribution is -0.131. The van der Waals surface area contributed by atoms with Crippen LogP contribution in [-0.2, 0) is 11.2 Å². The van der Waals surface area contributed by atoms with Gasteiger partial charge in [0.1, 0.15) is 5.76 Å². The number of likely N-dealkylation sites (tertiary alicyclic amines) is 1. The number of aromatic nitrogens is 1. The van der Waals surface area contributed by atoms with Crippen LogP contribution in [0.25, 0.3) is 0 Å². The molecule has 1 atom stereocenters. The summed E-state index contributed by atoms with van der Waals surface area (Å²) in [4.78, 5) is 13.7. The molecular formula is C11H18ClN3O2. The van der Waals surface area contributed by atoms with Gasteiger partial charge in [0.15, 0.2) is 0 Å². The predicted octanol–water partition coefficient (Wildman–Crippen LogP) is 0.897. The van der Waals surface area contributed by atoms with Crippen LogP contribution in [0.5, 0.6) is 0 Å². The fraction of sp³-hybridized carbons (Fsp3) is 0.636. The summed E-state index contributed by atoms with van der Waals surface area (Å²) in [6.07, 6.45) is 2.31. The Hall–Kier alpha value is -1.07. The predicted molar refractivity (Wildman–Crippen MR) is 66.0 cm³/mol. The van der Waals surface area contributed by atoms with Crippen molar-refractivity contribution in [3.05, 3.63) is 17.5 Å². The molecule has 0 bridgehead atoms. The lowest BCUT2D eigenvalue weighted by Gasteiger charge is -2.30. The molecule has 2 N–H and O–H groups in total. The van der Waals surface area contributed by atoms with Crippen molar-refractivity contribution in [1.82, 2.24) is 10.1 Å². The monoisotopic (exact) mass is 259 g/mol. The maximum absolute atomic E-state index is 11.9. The zero-order valence-corrected chi connectivity index (χ0v) is 10.7. The summed E-state index contributed by atoms with van der Waals surface area (Å²) in [5.41, 5.74) is 6.53. The fourth-order valence-electron chi connectivity index (χ4n) is 2.00. The van der Waals surface area contributed by atoms with E-state index in [0.29, 0.717) is 18.7 Å². The number of rotatable bonds is 2. The van der Waals surface area contributed by atoms with Gasteiger partial charge in [0.25, 0.3) is 0 Å². The number of hydrogen-bond donors (Lipinski definition) is 1. The number of halogens is 1. The molecule has 1 aliphatic rings. The summed E-state index contributed by atoms with van der Waals surface area (Å²) >= 11 is 0. The first-order chi connectivity index (χ1) is 7.65. The number of nitrogens with two attached hydrogens (primary N) is 1. The molecule has 0 aromatic carbocycles. The van der Waals surface area contributed by atoms with E-state index < -0.39 is 0 Å². The van der Waals surface area contributed by atoms with Crippen molar-refractivity contribution in [1.29, 1.82) is 0 Å². The molecular weight excluding hydrogens is 242 g/mol. The minimum atomic E-state index is 0. The van der Waals surface area contributed by atoms with E-state index in [1.165, 1.54) is 0 Å². The Balaban J connectivity index is 0.00000144. The summed E-state index contributed by atoms with van der Waals surface area (Å²) < 4.78 is 4.93. The number of aryl methyl sites for hydroxylation is 1. The maximum atomic E-state index is 11.9. The Morgan fingerprint density at radius 2 is 2.47 bits per heavy atom. The van der Waals surface area contributed by atoms with Crippen LogP contribution in [-0.4, -0.2) is 35.1 Å². The van der Waals surface area contributed by atoms with Crippen molar-refractivity contribution in [2.24, 2.45) is 5.73 Å². The van der Waals surface area contributed by atoms with E-state index in [1.807, 2.05) is 11.8 Å². The quantitative estimate of drug-likeness (QED) is 0.856. The molecule has 0 spiro atoms. The van der Waals surface area contributed by atoms with Gasteiger partial charge in [0, 0.05) is 25.2 Å². The highest BCUT2D eigenvalue weighted by Crippen LogP contribution is 2.11. The molecule has 6 heteroatoms. The molecule has 0 saturated carbocycles. The Kier molecular flexibility index (Phi) is 4.96. The van der Waals surface area contributed by atoms with Crippen molar-refractivity contribution in [2.45, 2.75) is 32.2 Å². The van der Waals surface area contributed by atoms with Gasteiger partial charge in [-0.05, 0) is 19.8 Å². The summed E-state index contributed by atoms with van der Waals surface area (Å²) in [6, 6.07) is 1.92. The lowest BCUT2D eigenvalue weighted by Crippen LogP contribution is -2.46. The number of nitrogens with zero attached hydrogens (tertiary/aromatic N) is 2. The molecule has 1 aromatic heterocycles. The second-order valence-electron chi connectivity index (χ2n) is 4.35.